The van der Waals surface area contributed by atoms with E-state index in [2.05, 4.69) is 20.8 Å². The smallest absolute Gasteiger partial charge is 0.305 e. The minimum Gasteiger partial charge on any atom is -0.481 e. The number of carbonyl (C=O) groups is 1. The highest BCUT2D eigenvalue weighted by atomic mass is 79.9. The second kappa shape index (κ2) is 6.70. The number of morpholine rings is 1. The molecule has 1 unspecified atom stereocenters. The maximum absolute atomic E-state index is 10.9. The largest absolute Gasteiger partial charge is 0.481 e. The van der Waals surface area contributed by atoms with Gasteiger partial charge in [0.25, 0.3) is 0 Å². The van der Waals surface area contributed by atoms with Crippen LogP contribution in [0.4, 0.5) is 0 Å². The Morgan fingerprint density at radius 1 is 1.58 bits per heavy atom. The van der Waals surface area contributed by atoms with Crippen LogP contribution in [0, 0.1) is 0 Å². The zero-order chi connectivity index (χ0) is 13.8. The first-order chi connectivity index (χ1) is 9.06. The molecule has 19 heavy (non-hydrogen) atoms. The minimum absolute atomic E-state index is 0.0753. The van der Waals surface area contributed by atoms with E-state index in [0.717, 1.165) is 16.6 Å². The van der Waals surface area contributed by atoms with E-state index in [1.54, 1.807) is 0 Å². The highest BCUT2D eigenvalue weighted by Gasteiger charge is 2.25. The van der Waals surface area contributed by atoms with E-state index in [9.17, 15) is 4.79 Å². The van der Waals surface area contributed by atoms with Gasteiger partial charge in [0, 0.05) is 23.6 Å². The Kier molecular flexibility index (Phi) is 5.21. The zero-order valence-electron chi connectivity index (χ0n) is 10.3. The monoisotopic (exact) mass is 347 g/mol. The predicted octanol–water partition coefficient (Wildman–Crippen LogP) is 2.78. The Balaban J connectivity index is 2.06. The fraction of sp³-hybridized carbons (Fsp3) is 0.462. The number of halogens is 2. The second-order valence-corrected chi connectivity index (χ2v) is 5.81. The van der Waals surface area contributed by atoms with Gasteiger partial charge < -0.3 is 9.84 Å². The molecule has 1 N–H and O–H groups in total. The van der Waals surface area contributed by atoms with Gasteiger partial charge in [-0.2, -0.15) is 0 Å². The third-order valence-corrected chi connectivity index (χ3v) is 4.36. The van der Waals surface area contributed by atoms with E-state index in [-0.39, 0.29) is 12.5 Å². The number of hydrogen-bond acceptors (Lipinski definition) is 3. The van der Waals surface area contributed by atoms with Crippen LogP contribution in [0.25, 0.3) is 0 Å². The van der Waals surface area contributed by atoms with Crippen LogP contribution in [0.5, 0.6) is 0 Å². The Morgan fingerprint density at radius 3 is 3.05 bits per heavy atom. The van der Waals surface area contributed by atoms with E-state index >= 15 is 0 Å². The molecule has 2 rings (SSSR count). The summed E-state index contributed by atoms with van der Waals surface area (Å²) >= 11 is 9.42. The number of rotatable bonds is 4. The van der Waals surface area contributed by atoms with Crippen molar-refractivity contribution in [3.8, 4) is 0 Å². The Bertz CT molecular complexity index is 469. The van der Waals surface area contributed by atoms with Gasteiger partial charge in [-0.1, -0.05) is 17.7 Å². The van der Waals surface area contributed by atoms with E-state index < -0.39 is 5.97 Å². The van der Waals surface area contributed by atoms with Crippen LogP contribution in [-0.2, 0) is 16.1 Å². The van der Waals surface area contributed by atoms with Gasteiger partial charge in [-0.05, 0) is 33.6 Å². The lowest BCUT2D eigenvalue weighted by Gasteiger charge is -2.34. The van der Waals surface area contributed by atoms with E-state index in [1.807, 2.05) is 18.2 Å². The standard InChI is InChI=1S/C13H15BrClNO3/c14-11-2-1-9(5-12(11)15)7-16-3-4-19-8-10(16)6-13(17)18/h1-2,5,10H,3-4,6-8H2,(H,17,18). The molecule has 1 saturated heterocycles. The lowest BCUT2D eigenvalue weighted by molar-refractivity contribution is -0.140. The van der Waals surface area contributed by atoms with Crippen molar-refractivity contribution < 1.29 is 14.6 Å². The molecular formula is C13H15BrClNO3. The first kappa shape index (κ1) is 14.8. The number of carboxylic acids is 1. The van der Waals surface area contributed by atoms with Crippen LogP contribution in [0.1, 0.15) is 12.0 Å². The number of benzene rings is 1. The highest BCUT2D eigenvalue weighted by molar-refractivity contribution is 9.10. The third-order valence-electron chi connectivity index (χ3n) is 3.13. The van der Waals surface area contributed by atoms with Crippen molar-refractivity contribution in [1.29, 1.82) is 0 Å². The molecule has 0 radical (unpaired) electrons. The van der Waals surface area contributed by atoms with Gasteiger partial charge in [0.2, 0.25) is 0 Å². The molecular weight excluding hydrogens is 334 g/mol. The first-order valence-corrected chi connectivity index (χ1v) is 7.21. The lowest BCUT2D eigenvalue weighted by atomic mass is 10.1. The van der Waals surface area contributed by atoms with E-state index in [1.165, 1.54) is 0 Å². The van der Waals surface area contributed by atoms with Crippen molar-refractivity contribution in [1.82, 2.24) is 4.90 Å². The normalized spacial score (nSPS) is 20.4. The molecule has 0 aromatic heterocycles. The quantitative estimate of drug-likeness (QED) is 0.909. The Morgan fingerprint density at radius 2 is 2.37 bits per heavy atom. The number of aliphatic carboxylic acids is 1. The van der Waals surface area contributed by atoms with Crippen molar-refractivity contribution in [2.24, 2.45) is 0 Å². The average molecular weight is 349 g/mol. The van der Waals surface area contributed by atoms with Gasteiger partial charge in [-0.3, -0.25) is 9.69 Å². The van der Waals surface area contributed by atoms with Gasteiger partial charge in [-0.15, -0.1) is 0 Å². The van der Waals surface area contributed by atoms with Crippen molar-refractivity contribution in [3.63, 3.8) is 0 Å². The molecule has 1 aromatic carbocycles. The van der Waals surface area contributed by atoms with Gasteiger partial charge in [-0.25, -0.2) is 0 Å². The van der Waals surface area contributed by atoms with E-state index in [4.69, 9.17) is 21.4 Å². The molecule has 1 aliphatic heterocycles. The van der Waals surface area contributed by atoms with Crippen molar-refractivity contribution in [2.45, 2.75) is 19.0 Å². The molecule has 1 aromatic rings. The SMILES string of the molecule is O=C(O)CC1COCCN1Cc1ccc(Br)c(Cl)c1. The molecule has 1 fully saturated rings. The fourth-order valence-corrected chi connectivity index (χ4v) is 2.61. The number of ether oxygens (including phenoxy) is 1. The van der Waals surface area contributed by atoms with E-state index in [0.29, 0.717) is 24.8 Å². The molecule has 1 atom stereocenters. The molecule has 0 amide bonds. The van der Waals surface area contributed by atoms with Crippen LogP contribution in [0.2, 0.25) is 5.02 Å². The first-order valence-electron chi connectivity index (χ1n) is 6.04. The zero-order valence-corrected chi connectivity index (χ0v) is 12.7. The number of carboxylic acid groups (broad SMARTS) is 1. The summed E-state index contributed by atoms with van der Waals surface area (Å²) in [6.07, 6.45) is 0.101. The molecule has 0 saturated carbocycles. The summed E-state index contributed by atoms with van der Waals surface area (Å²) in [4.78, 5) is 13.0. The van der Waals surface area contributed by atoms with Gasteiger partial charge in [0.15, 0.2) is 0 Å². The maximum Gasteiger partial charge on any atom is 0.305 e. The molecule has 0 spiro atoms. The third kappa shape index (κ3) is 4.18. The topological polar surface area (TPSA) is 49.8 Å². The Hall–Kier alpha value is -0.620. The van der Waals surface area contributed by atoms with Crippen LogP contribution < -0.4 is 0 Å². The average Bonchev–Trinajstić information content (AvgIpc) is 2.36. The molecule has 1 aliphatic rings. The summed E-state index contributed by atoms with van der Waals surface area (Å²) in [6.45, 7) is 2.54. The van der Waals surface area contributed by atoms with Crippen LogP contribution >= 0.6 is 27.5 Å². The predicted molar refractivity (Wildman–Crippen MR) is 76.4 cm³/mol. The van der Waals surface area contributed by atoms with Crippen molar-refractivity contribution >= 4 is 33.5 Å². The van der Waals surface area contributed by atoms with Gasteiger partial charge in [0.05, 0.1) is 24.7 Å². The van der Waals surface area contributed by atoms with Crippen molar-refractivity contribution in [3.05, 3.63) is 33.3 Å². The molecule has 0 bridgehead atoms. The van der Waals surface area contributed by atoms with Crippen LogP contribution in [0.3, 0.4) is 0 Å². The summed E-state index contributed by atoms with van der Waals surface area (Å²) in [6, 6.07) is 5.72. The molecule has 4 nitrogen and oxygen atoms in total. The number of hydrogen-bond donors (Lipinski definition) is 1. The highest BCUT2D eigenvalue weighted by Crippen LogP contribution is 2.24. The fourth-order valence-electron chi connectivity index (χ4n) is 2.16. The minimum atomic E-state index is -0.797. The second-order valence-electron chi connectivity index (χ2n) is 4.55. The maximum atomic E-state index is 10.9. The molecule has 1 heterocycles. The van der Waals surface area contributed by atoms with Gasteiger partial charge >= 0.3 is 5.97 Å². The van der Waals surface area contributed by atoms with Crippen LogP contribution in [-0.4, -0.2) is 41.8 Å². The summed E-state index contributed by atoms with van der Waals surface area (Å²) in [5.74, 6) is -0.797. The van der Waals surface area contributed by atoms with Crippen LogP contribution in [0.15, 0.2) is 22.7 Å². The number of nitrogens with zero attached hydrogens (tertiary/aromatic N) is 1. The lowest BCUT2D eigenvalue weighted by Crippen LogP contribution is -2.45. The summed E-state index contributed by atoms with van der Waals surface area (Å²) < 4.78 is 6.22. The van der Waals surface area contributed by atoms with Gasteiger partial charge in [0.1, 0.15) is 0 Å². The Labute approximate surface area is 125 Å². The van der Waals surface area contributed by atoms with Crippen molar-refractivity contribution in [2.75, 3.05) is 19.8 Å². The summed E-state index contributed by atoms with van der Waals surface area (Å²) in [5, 5.41) is 9.59. The molecule has 0 aliphatic carbocycles. The molecule has 6 heteroatoms. The molecule has 104 valence electrons. The summed E-state index contributed by atoms with van der Waals surface area (Å²) in [7, 11) is 0. The summed E-state index contributed by atoms with van der Waals surface area (Å²) in [5.41, 5.74) is 1.07.